The molecule has 1 fully saturated rings. The van der Waals surface area contributed by atoms with E-state index in [1.54, 1.807) is 24.3 Å². The van der Waals surface area contributed by atoms with Crippen LogP contribution in [0.2, 0.25) is 0 Å². The predicted molar refractivity (Wildman–Crippen MR) is 79.5 cm³/mol. The van der Waals surface area contributed by atoms with E-state index in [9.17, 15) is 19.5 Å². The summed E-state index contributed by atoms with van der Waals surface area (Å²) in [6.07, 6.45) is 1.81. The van der Waals surface area contributed by atoms with Crippen LogP contribution >= 0.6 is 0 Å². The average Bonchev–Trinajstić information content (AvgIpc) is 2.86. The maximum absolute atomic E-state index is 12.8. The maximum Gasteiger partial charge on any atom is 0.351 e. The largest absolute Gasteiger partial charge is 0.478 e. The zero-order valence-electron chi connectivity index (χ0n) is 12.4. The summed E-state index contributed by atoms with van der Waals surface area (Å²) >= 11 is 0. The Bertz CT molecular complexity index is 657. The Morgan fingerprint density at radius 3 is 2.73 bits per heavy atom. The molecular weight excluding hydrogens is 284 g/mol. The number of rotatable bonds is 4. The maximum atomic E-state index is 12.8. The fourth-order valence-corrected chi connectivity index (χ4v) is 3.38. The number of amides is 2. The molecule has 0 radical (unpaired) electrons. The highest BCUT2D eigenvalue weighted by molar-refractivity contribution is 6.15. The Hall–Kier alpha value is -2.37. The third-order valence-electron chi connectivity index (χ3n) is 4.45. The van der Waals surface area contributed by atoms with Crippen molar-refractivity contribution in [3.63, 3.8) is 0 Å². The van der Waals surface area contributed by atoms with Crippen molar-refractivity contribution >= 4 is 23.5 Å². The van der Waals surface area contributed by atoms with E-state index in [1.165, 1.54) is 9.80 Å². The van der Waals surface area contributed by atoms with Crippen LogP contribution in [0.25, 0.3) is 0 Å². The van der Waals surface area contributed by atoms with Crippen molar-refractivity contribution in [2.75, 3.05) is 11.4 Å². The van der Waals surface area contributed by atoms with Crippen LogP contribution in [0.3, 0.4) is 0 Å². The first-order valence-corrected chi connectivity index (χ1v) is 7.51. The topological polar surface area (TPSA) is 77.9 Å². The molecule has 116 valence electrons. The van der Waals surface area contributed by atoms with Crippen molar-refractivity contribution in [3.8, 4) is 0 Å². The van der Waals surface area contributed by atoms with Gasteiger partial charge in [-0.2, -0.15) is 0 Å². The van der Waals surface area contributed by atoms with Crippen molar-refractivity contribution in [2.24, 2.45) is 0 Å². The van der Waals surface area contributed by atoms with Gasteiger partial charge in [-0.1, -0.05) is 25.5 Å². The number of hydrogen-bond acceptors (Lipinski definition) is 3. The summed E-state index contributed by atoms with van der Waals surface area (Å²) in [7, 11) is 0. The number of fused-ring (bicyclic) bond motifs is 3. The molecule has 3 rings (SSSR count). The smallest absolute Gasteiger partial charge is 0.351 e. The summed E-state index contributed by atoms with van der Waals surface area (Å²) in [4.78, 5) is 39.9. The molecule has 1 N–H and O–H groups in total. The molecule has 0 aromatic heterocycles. The molecule has 6 heteroatoms. The molecule has 0 aliphatic carbocycles. The van der Waals surface area contributed by atoms with Crippen LogP contribution in [0.5, 0.6) is 0 Å². The van der Waals surface area contributed by atoms with Gasteiger partial charge in [-0.25, -0.2) is 4.79 Å². The van der Waals surface area contributed by atoms with Crippen LogP contribution in [0.1, 0.15) is 43.0 Å². The average molecular weight is 302 g/mol. The number of carbonyl (C=O) groups excluding carboxylic acids is 2. The molecule has 0 saturated carbocycles. The van der Waals surface area contributed by atoms with E-state index in [-0.39, 0.29) is 24.7 Å². The van der Waals surface area contributed by atoms with E-state index in [1.807, 2.05) is 6.92 Å². The molecular formula is C16H18N2O4. The Morgan fingerprint density at radius 2 is 2.05 bits per heavy atom. The lowest BCUT2D eigenvalue weighted by Gasteiger charge is -2.47. The minimum absolute atomic E-state index is 0.130. The van der Waals surface area contributed by atoms with Gasteiger partial charge in [-0.3, -0.25) is 14.5 Å². The second-order valence-corrected chi connectivity index (χ2v) is 5.68. The van der Waals surface area contributed by atoms with Crippen molar-refractivity contribution in [1.29, 1.82) is 0 Å². The molecule has 1 aromatic carbocycles. The Labute approximate surface area is 128 Å². The van der Waals surface area contributed by atoms with Gasteiger partial charge in [0.05, 0.1) is 11.3 Å². The summed E-state index contributed by atoms with van der Waals surface area (Å²) in [5.41, 5.74) is -0.770. The lowest BCUT2D eigenvalue weighted by Crippen LogP contribution is -2.68. The zero-order chi connectivity index (χ0) is 15.9. The van der Waals surface area contributed by atoms with E-state index in [4.69, 9.17) is 0 Å². The van der Waals surface area contributed by atoms with Crippen molar-refractivity contribution < 1.29 is 19.5 Å². The highest BCUT2D eigenvalue weighted by atomic mass is 16.4. The van der Waals surface area contributed by atoms with Gasteiger partial charge in [-0.15, -0.1) is 0 Å². The van der Waals surface area contributed by atoms with E-state index in [2.05, 4.69) is 0 Å². The standard InChI is InChI=1S/C16H18N2O4/c1-2-3-10-17-14(20)11-6-4-5-7-12(11)18-13(19)8-9-16(17,18)15(21)22/h4-7H,2-3,8-10H2,1H3,(H,21,22)/t16-/m0/s1. The predicted octanol–water partition coefficient (Wildman–Crippen LogP) is 1.85. The van der Waals surface area contributed by atoms with Crippen molar-refractivity contribution in [2.45, 2.75) is 38.3 Å². The summed E-state index contributed by atoms with van der Waals surface area (Å²) < 4.78 is 0. The first kappa shape index (κ1) is 14.6. The van der Waals surface area contributed by atoms with Gasteiger partial charge >= 0.3 is 5.97 Å². The SMILES string of the molecule is CCCCN1C(=O)c2ccccc2N2C(=O)CC[C@]12C(=O)O. The summed E-state index contributed by atoms with van der Waals surface area (Å²) in [5, 5.41) is 9.84. The minimum Gasteiger partial charge on any atom is -0.478 e. The Morgan fingerprint density at radius 1 is 1.32 bits per heavy atom. The molecule has 2 aliphatic rings. The fraction of sp³-hybridized carbons (Fsp3) is 0.438. The minimum atomic E-state index is -1.57. The highest BCUT2D eigenvalue weighted by Crippen LogP contribution is 2.44. The molecule has 2 heterocycles. The van der Waals surface area contributed by atoms with Gasteiger partial charge in [0.1, 0.15) is 0 Å². The van der Waals surface area contributed by atoms with Crippen LogP contribution in [-0.4, -0.2) is 40.0 Å². The van der Waals surface area contributed by atoms with Gasteiger partial charge in [0.2, 0.25) is 11.6 Å². The van der Waals surface area contributed by atoms with Gasteiger partial charge in [0.15, 0.2) is 0 Å². The van der Waals surface area contributed by atoms with Gasteiger partial charge in [-0.05, 0) is 18.6 Å². The first-order valence-electron chi connectivity index (χ1n) is 7.51. The van der Waals surface area contributed by atoms with Crippen LogP contribution in [0.4, 0.5) is 5.69 Å². The van der Waals surface area contributed by atoms with Crippen LogP contribution < -0.4 is 4.90 Å². The fourth-order valence-electron chi connectivity index (χ4n) is 3.38. The van der Waals surface area contributed by atoms with Gasteiger partial charge in [0.25, 0.3) is 5.91 Å². The molecule has 0 bridgehead atoms. The summed E-state index contributed by atoms with van der Waals surface area (Å²) in [6.45, 7) is 2.31. The Balaban J connectivity index is 2.21. The normalized spacial score (nSPS) is 23.5. The zero-order valence-corrected chi connectivity index (χ0v) is 12.4. The molecule has 22 heavy (non-hydrogen) atoms. The Kier molecular flexibility index (Phi) is 3.39. The lowest BCUT2D eigenvalue weighted by atomic mass is 9.96. The number of para-hydroxylation sites is 1. The highest BCUT2D eigenvalue weighted by Gasteiger charge is 2.60. The van der Waals surface area contributed by atoms with E-state index in [0.29, 0.717) is 24.2 Å². The van der Waals surface area contributed by atoms with E-state index < -0.39 is 11.6 Å². The molecule has 1 aromatic rings. The monoisotopic (exact) mass is 302 g/mol. The molecule has 1 saturated heterocycles. The number of anilines is 1. The first-order chi connectivity index (χ1) is 10.5. The number of hydrogen-bond donors (Lipinski definition) is 1. The number of aliphatic carboxylic acids is 1. The number of nitrogens with zero attached hydrogens (tertiary/aromatic N) is 2. The summed E-state index contributed by atoms with van der Waals surface area (Å²) in [6, 6.07) is 6.73. The molecule has 2 amide bonds. The number of carboxylic acid groups (broad SMARTS) is 1. The molecule has 0 spiro atoms. The van der Waals surface area contributed by atoms with E-state index >= 15 is 0 Å². The van der Waals surface area contributed by atoms with Gasteiger partial charge < -0.3 is 10.0 Å². The number of carboxylic acids is 1. The molecule has 6 nitrogen and oxygen atoms in total. The second kappa shape index (κ2) is 5.12. The third-order valence-corrected chi connectivity index (χ3v) is 4.45. The van der Waals surface area contributed by atoms with Crippen molar-refractivity contribution in [3.05, 3.63) is 29.8 Å². The third kappa shape index (κ3) is 1.76. The lowest BCUT2D eigenvalue weighted by molar-refractivity contribution is -0.150. The number of unbranched alkanes of at least 4 members (excludes halogenated alkanes) is 1. The van der Waals surface area contributed by atoms with Crippen LogP contribution in [0, 0.1) is 0 Å². The molecule has 1 atom stereocenters. The van der Waals surface area contributed by atoms with Gasteiger partial charge in [0, 0.05) is 19.4 Å². The van der Waals surface area contributed by atoms with Crippen LogP contribution in [0.15, 0.2) is 24.3 Å². The summed E-state index contributed by atoms with van der Waals surface area (Å²) in [5.74, 6) is -1.70. The molecule has 0 unspecified atom stereocenters. The number of benzene rings is 1. The quantitative estimate of drug-likeness (QED) is 0.920. The van der Waals surface area contributed by atoms with E-state index in [0.717, 1.165) is 6.42 Å². The molecule has 2 aliphatic heterocycles. The second-order valence-electron chi connectivity index (χ2n) is 5.68. The number of carbonyl (C=O) groups is 3. The van der Waals surface area contributed by atoms with Crippen molar-refractivity contribution in [1.82, 2.24) is 4.90 Å². The van der Waals surface area contributed by atoms with Crippen LogP contribution in [-0.2, 0) is 9.59 Å².